The number of rotatable bonds is 8. The summed E-state index contributed by atoms with van der Waals surface area (Å²) in [5.74, 6) is 0.793. The minimum atomic E-state index is -0.385. The first-order chi connectivity index (χ1) is 13.2. The number of hydrogen-bond acceptors (Lipinski definition) is 3. The molecule has 0 radical (unpaired) electrons. The van der Waals surface area contributed by atoms with Crippen LogP contribution in [-0.4, -0.2) is 6.61 Å². The third-order valence-corrected chi connectivity index (χ3v) is 4.37. The molecule has 0 saturated heterocycles. The van der Waals surface area contributed by atoms with Gasteiger partial charge in [0.05, 0.1) is 11.6 Å². The first-order valence-electron chi connectivity index (χ1n) is 8.77. The zero-order valence-corrected chi connectivity index (χ0v) is 15.8. The van der Waals surface area contributed by atoms with Gasteiger partial charge in [0.2, 0.25) is 0 Å². The summed E-state index contributed by atoms with van der Waals surface area (Å²) in [5, 5.41) is 3.70. The Kier molecular flexibility index (Phi) is 6.55. The summed E-state index contributed by atoms with van der Waals surface area (Å²) >= 11 is 6.06. The van der Waals surface area contributed by atoms with Crippen LogP contribution in [0.4, 0.5) is 10.1 Å². The van der Waals surface area contributed by atoms with Crippen LogP contribution in [0.5, 0.6) is 11.5 Å². The third kappa shape index (κ3) is 5.14. The number of hydrogen-bond donors (Lipinski definition) is 1. The lowest BCUT2D eigenvalue weighted by Gasteiger charge is -2.15. The van der Waals surface area contributed by atoms with Gasteiger partial charge in [0.15, 0.2) is 11.5 Å². The zero-order valence-electron chi connectivity index (χ0n) is 15.0. The maximum atomic E-state index is 13.9. The summed E-state index contributed by atoms with van der Waals surface area (Å²) in [4.78, 5) is 0. The van der Waals surface area contributed by atoms with Crippen LogP contribution in [0.2, 0.25) is 5.02 Å². The van der Waals surface area contributed by atoms with Crippen molar-refractivity contribution in [3.63, 3.8) is 0 Å². The second-order valence-corrected chi connectivity index (χ2v) is 6.33. The first kappa shape index (κ1) is 19.1. The van der Waals surface area contributed by atoms with Crippen LogP contribution in [0.25, 0.3) is 0 Å². The lowest BCUT2D eigenvalue weighted by atomic mass is 10.2. The normalized spacial score (nSPS) is 10.5. The molecule has 0 heterocycles. The van der Waals surface area contributed by atoms with Crippen molar-refractivity contribution in [3.8, 4) is 11.5 Å². The average molecular weight is 386 g/mol. The highest BCUT2D eigenvalue weighted by molar-refractivity contribution is 6.31. The van der Waals surface area contributed by atoms with Crippen LogP contribution in [-0.2, 0) is 13.2 Å². The van der Waals surface area contributed by atoms with Gasteiger partial charge in [-0.1, -0.05) is 41.9 Å². The molecule has 3 aromatic carbocycles. The maximum absolute atomic E-state index is 13.9. The van der Waals surface area contributed by atoms with Gasteiger partial charge in [-0.2, -0.15) is 0 Å². The number of ether oxygens (including phenoxy) is 2. The molecule has 0 fully saturated rings. The highest BCUT2D eigenvalue weighted by atomic mass is 35.5. The van der Waals surface area contributed by atoms with Crippen molar-refractivity contribution in [2.75, 3.05) is 11.9 Å². The molecule has 27 heavy (non-hydrogen) atoms. The third-order valence-electron chi connectivity index (χ3n) is 4.01. The molecule has 0 atom stereocenters. The average Bonchev–Trinajstić information content (AvgIpc) is 2.68. The monoisotopic (exact) mass is 385 g/mol. The molecule has 3 nitrogen and oxygen atoms in total. The quantitative estimate of drug-likeness (QED) is 0.510. The SMILES string of the molecule is CCOc1cc(CNc2ccccc2)ccc1OCc1c(F)cccc1Cl. The molecule has 5 heteroatoms. The summed E-state index contributed by atoms with van der Waals surface area (Å²) in [5.41, 5.74) is 2.43. The van der Waals surface area contributed by atoms with E-state index in [9.17, 15) is 4.39 Å². The number of para-hydroxylation sites is 1. The van der Waals surface area contributed by atoms with Gasteiger partial charge in [-0.05, 0) is 48.9 Å². The Morgan fingerprint density at radius 2 is 1.74 bits per heavy atom. The second kappa shape index (κ2) is 9.28. The van der Waals surface area contributed by atoms with Crippen LogP contribution < -0.4 is 14.8 Å². The van der Waals surface area contributed by atoms with E-state index in [2.05, 4.69) is 5.32 Å². The molecule has 0 aliphatic rings. The van der Waals surface area contributed by atoms with E-state index < -0.39 is 0 Å². The molecule has 0 aliphatic carbocycles. The van der Waals surface area contributed by atoms with Crippen LogP contribution >= 0.6 is 11.6 Å². The molecule has 3 rings (SSSR count). The van der Waals surface area contributed by atoms with Crippen LogP contribution in [0, 0.1) is 5.82 Å². The largest absolute Gasteiger partial charge is 0.490 e. The fourth-order valence-electron chi connectivity index (χ4n) is 2.63. The van der Waals surface area contributed by atoms with Crippen molar-refractivity contribution in [1.29, 1.82) is 0 Å². The molecular formula is C22H21ClFNO2. The molecule has 1 N–H and O–H groups in total. The summed E-state index contributed by atoms with van der Waals surface area (Å²) in [7, 11) is 0. The van der Waals surface area contributed by atoms with E-state index in [1.165, 1.54) is 6.07 Å². The summed E-state index contributed by atoms with van der Waals surface area (Å²) in [6.07, 6.45) is 0. The zero-order chi connectivity index (χ0) is 19.1. The van der Waals surface area contributed by atoms with Crippen LogP contribution in [0.15, 0.2) is 66.7 Å². The molecule has 3 aromatic rings. The predicted molar refractivity (Wildman–Crippen MR) is 107 cm³/mol. The van der Waals surface area contributed by atoms with Gasteiger partial charge in [-0.15, -0.1) is 0 Å². The van der Waals surface area contributed by atoms with E-state index in [1.807, 2.05) is 55.5 Å². The Morgan fingerprint density at radius 3 is 2.48 bits per heavy atom. The fourth-order valence-corrected chi connectivity index (χ4v) is 2.85. The van der Waals surface area contributed by atoms with Gasteiger partial charge < -0.3 is 14.8 Å². The van der Waals surface area contributed by atoms with E-state index in [4.69, 9.17) is 21.1 Å². The fraction of sp³-hybridized carbons (Fsp3) is 0.182. The van der Waals surface area contributed by atoms with E-state index in [-0.39, 0.29) is 12.4 Å². The van der Waals surface area contributed by atoms with E-state index in [0.717, 1.165) is 11.3 Å². The summed E-state index contributed by atoms with van der Waals surface area (Å²) in [6.45, 7) is 3.11. The topological polar surface area (TPSA) is 30.5 Å². The molecule has 0 bridgehead atoms. The van der Waals surface area contributed by atoms with E-state index in [1.54, 1.807) is 12.1 Å². The molecule has 0 aromatic heterocycles. The standard InChI is InChI=1S/C22H21ClFNO2/c1-2-26-22-13-16(14-25-17-7-4-3-5-8-17)11-12-21(22)27-15-18-19(23)9-6-10-20(18)24/h3-13,25H,2,14-15H2,1H3. The van der Waals surface area contributed by atoms with Crippen molar-refractivity contribution in [3.05, 3.63) is 88.7 Å². The number of anilines is 1. The molecule has 0 saturated carbocycles. The summed E-state index contributed by atoms with van der Waals surface area (Å²) < 4.78 is 25.4. The van der Waals surface area contributed by atoms with Gasteiger partial charge in [-0.25, -0.2) is 4.39 Å². The van der Waals surface area contributed by atoms with E-state index in [0.29, 0.717) is 35.2 Å². The minimum Gasteiger partial charge on any atom is -0.490 e. The predicted octanol–water partition coefficient (Wildman–Crippen LogP) is 6.07. The Labute approximate surface area is 163 Å². The number of halogens is 2. The van der Waals surface area contributed by atoms with Gasteiger partial charge in [-0.3, -0.25) is 0 Å². The minimum absolute atomic E-state index is 0.0349. The Morgan fingerprint density at radius 1 is 0.926 bits per heavy atom. The molecule has 0 amide bonds. The van der Waals surface area contributed by atoms with Gasteiger partial charge in [0.1, 0.15) is 12.4 Å². The van der Waals surface area contributed by atoms with Crippen LogP contribution in [0.3, 0.4) is 0 Å². The van der Waals surface area contributed by atoms with Crippen molar-refractivity contribution < 1.29 is 13.9 Å². The lowest BCUT2D eigenvalue weighted by Crippen LogP contribution is -2.04. The summed E-state index contributed by atoms with van der Waals surface area (Å²) in [6, 6.07) is 20.3. The lowest BCUT2D eigenvalue weighted by molar-refractivity contribution is 0.265. The smallest absolute Gasteiger partial charge is 0.161 e. The highest BCUT2D eigenvalue weighted by Crippen LogP contribution is 2.31. The van der Waals surface area contributed by atoms with E-state index >= 15 is 0 Å². The number of nitrogens with one attached hydrogen (secondary N) is 1. The molecule has 140 valence electrons. The van der Waals surface area contributed by atoms with Gasteiger partial charge >= 0.3 is 0 Å². The first-order valence-corrected chi connectivity index (χ1v) is 9.15. The number of benzene rings is 3. The van der Waals surface area contributed by atoms with Crippen molar-refractivity contribution in [2.45, 2.75) is 20.1 Å². The van der Waals surface area contributed by atoms with Crippen molar-refractivity contribution >= 4 is 17.3 Å². The molecule has 0 unspecified atom stereocenters. The maximum Gasteiger partial charge on any atom is 0.161 e. The van der Waals surface area contributed by atoms with Gasteiger partial charge in [0.25, 0.3) is 0 Å². The van der Waals surface area contributed by atoms with Crippen LogP contribution in [0.1, 0.15) is 18.1 Å². The van der Waals surface area contributed by atoms with Crippen molar-refractivity contribution in [1.82, 2.24) is 0 Å². The van der Waals surface area contributed by atoms with Crippen molar-refractivity contribution in [2.24, 2.45) is 0 Å². The Hall–Kier alpha value is -2.72. The highest BCUT2D eigenvalue weighted by Gasteiger charge is 2.11. The Balaban J connectivity index is 1.71. The molecule has 0 spiro atoms. The second-order valence-electron chi connectivity index (χ2n) is 5.92. The molecular weight excluding hydrogens is 365 g/mol. The molecule has 0 aliphatic heterocycles. The van der Waals surface area contributed by atoms with Gasteiger partial charge in [0, 0.05) is 17.8 Å². The Bertz CT molecular complexity index is 866.